The summed E-state index contributed by atoms with van der Waals surface area (Å²) < 4.78 is 0. The summed E-state index contributed by atoms with van der Waals surface area (Å²) in [5.41, 5.74) is 5.47. The average molecular weight is 470 g/mol. The van der Waals surface area contributed by atoms with Crippen LogP contribution in [0.5, 0.6) is 0 Å². The fourth-order valence-electron chi connectivity index (χ4n) is 3.10. The Balaban J connectivity index is 0.00000225. The van der Waals surface area contributed by atoms with Gasteiger partial charge in [-0.1, -0.05) is 12.1 Å². The second-order valence-electron chi connectivity index (χ2n) is 6.29. The molecule has 136 valence electrons. The average Bonchev–Trinajstić information content (AvgIpc) is 3.00. The highest BCUT2D eigenvalue weighted by atomic mass is 127. The molecule has 0 saturated heterocycles. The molecule has 0 bridgehead atoms. The third-order valence-electron chi connectivity index (χ3n) is 4.56. The second kappa shape index (κ2) is 9.43. The summed E-state index contributed by atoms with van der Waals surface area (Å²) in [6, 6.07) is 8.94. The summed E-state index contributed by atoms with van der Waals surface area (Å²) in [6.07, 6.45) is 2.42. The molecule has 2 N–H and O–H groups in total. The summed E-state index contributed by atoms with van der Waals surface area (Å²) in [7, 11) is 3.99. The first-order valence-corrected chi connectivity index (χ1v) is 9.36. The lowest BCUT2D eigenvalue weighted by atomic mass is 9.99. The van der Waals surface area contributed by atoms with Crippen molar-refractivity contribution in [2.24, 2.45) is 4.99 Å². The van der Waals surface area contributed by atoms with Crippen LogP contribution in [0, 0.1) is 6.92 Å². The Morgan fingerprint density at radius 1 is 1.24 bits per heavy atom. The first-order chi connectivity index (χ1) is 11.7. The maximum absolute atomic E-state index is 4.32. The molecule has 1 aliphatic heterocycles. The third kappa shape index (κ3) is 5.10. The number of anilines is 1. The normalized spacial score (nSPS) is 13.9. The van der Waals surface area contributed by atoms with E-state index in [1.54, 1.807) is 11.3 Å². The number of guanidine groups is 1. The number of hydrogen-bond donors (Lipinski definition) is 2. The van der Waals surface area contributed by atoms with Crippen LogP contribution in [0.2, 0.25) is 0 Å². The number of hydrogen-bond acceptors (Lipinski definition) is 3. The number of nitrogens with zero attached hydrogens (tertiary/aromatic N) is 2. The molecule has 1 aromatic heterocycles. The zero-order valence-electron chi connectivity index (χ0n) is 15.1. The van der Waals surface area contributed by atoms with Crippen molar-refractivity contribution in [1.29, 1.82) is 0 Å². The van der Waals surface area contributed by atoms with E-state index in [1.165, 1.54) is 40.1 Å². The molecule has 0 fully saturated rings. The number of halogens is 1. The summed E-state index contributed by atoms with van der Waals surface area (Å²) in [5.74, 6) is 0.845. The number of rotatable bonds is 4. The highest BCUT2D eigenvalue weighted by Crippen LogP contribution is 2.26. The molecule has 2 heterocycles. The first kappa shape index (κ1) is 20.0. The minimum Gasteiger partial charge on any atom is -0.374 e. The smallest absolute Gasteiger partial charge is 0.191 e. The van der Waals surface area contributed by atoms with E-state index in [4.69, 9.17) is 0 Å². The molecule has 0 atom stereocenters. The van der Waals surface area contributed by atoms with E-state index in [0.717, 1.165) is 25.6 Å². The monoisotopic (exact) mass is 470 g/mol. The fourth-order valence-corrected chi connectivity index (χ4v) is 3.95. The number of aliphatic imine (C=N–C) groups is 1. The van der Waals surface area contributed by atoms with Crippen LogP contribution in [-0.4, -0.2) is 26.6 Å². The Hall–Kier alpha value is -1.28. The zero-order valence-corrected chi connectivity index (χ0v) is 18.3. The van der Waals surface area contributed by atoms with Gasteiger partial charge < -0.3 is 15.5 Å². The molecule has 6 heteroatoms. The lowest BCUT2D eigenvalue weighted by Gasteiger charge is -2.28. The number of thiophene rings is 1. The van der Waals surface area contributed by atoms with Gasteiger partial charge in [-0.25, -0.2) is 0 Å². The topological polar surface area (TPSA) is 39.7 Å². The van der Waals surface area contributed by atoms with Crippen molar-refractivity contribution >= 4 is 47.0 Å². The van der Waals surface area contributed by atoms with E-state index in [9.17, 15) is 0 Å². The van der Waals surface area contributed by atoms with Gasteiger partial charge in [-0.15, -0.1) is 35.3 Å². The predicted octanol–water partition coefficient (Wildman–Crippen LogP) is 3.92. The minimum atomic E-state index is 0. The van der Waals surface area contributed by atoms with Crippen LogP contribution in [0.15, 0.2) is 34.6 Å². The molecule has 25 heavy (non-hydrogen) atoms. The van der Waals surface area contributed by atoms with E-state index in [2.05, 4.69) is 64.1 Å². The van der Waals surface area contributed by atoms with Crippen LogP contribution >= 0.6 is 35.3 Å². The van der Waals surface area contributed by atoms with Crippen molar-refractivity contribution in [3.63, 3.8) is 0 Å². The van der Waals surface area contributed by atoms with E-state index >= 15 is 0 Å². The van der Waals surface area contributed by atoms with Gasteiger partial charge in [0.25, 0.3) is 0 Å². The summed E-state index contributed by atoms with van der Waals surface area (Å²) in [5, 5.41) is 8.94. The molecule has 0 saturated carbocycles. The Morgan fingerprint density at radius 2 is 2.04 bits per heavy atom. The molecule has 0 radical (unpaired) electrons. The molecule has 1 aliphatic rings. The third-order valence-corrected chi connectivity index (χ3v) is 5.59. The summed E-state index contributed by atoms with van der Waals surface area (Å²) in [6.45, 7) is 4.91. The summed E-state index contributed by atoms with van der Waals surface area (Å²) >= 11 is 1.78. The quantitative estimate of drug-likeness (QED) is 0.404. The Bertz CT molecular complexity index is 726. The van der Waals surface area contributed by atoms with Crippen molar-refractivity contribution in [3.05, 3.63) is 51.2 Å². The van der Waals surface area contributed by atoms with Crippen LogP contribution in [0.3, 0.4) is 0 Å². The summed E-state index contributed by atoms with van der Waals surface area (Å²) in [4.78, 5) is 8.03. The van der Waals surface area contributed by atoms with Gasteiger partial charge in [0.1, 0.15) is 0 Å². The highest BCUT2D eigenvalue weighted by Gasteiger charge is 2.13. The number of benzene rings is 1. The van der Waals surface area contributed by atoms with Crippen molar-refractivity contribution in [2.75, 3.05) is 25.5 Å². The van der Waals surface area contributed by atoms with Crippen LogP contribution in [0.25, 0.3) is 0 Å². The van der Waals surface area contributed by atoms with Gasteiger partial charge in [0, 0.05) is 37.7 Å². The SMILES string of the molecule is CN=C(NCc1ccc2c(c1)CCCN2C)NCc1sccc1C.I. The van der Waals surface area contributed by atoms with Crippen molar-refractivity contribution in [2.45, 2.75) is 32.9 Å². The maximum atomic E-state index is 4.32. The Labute approximate surface area is 171 Å². The molecule has 2 aromatic rings. The van der Waals surface area contributed by atoms with Crippen LogP contribution in [0.1, 0.15) is 28.0 Å². The molecule has 0 aliphatic carbocycles. The standard InChI is InChI=1S/C19H26N4S.HI/c1-14-8-10-24-18(14)13-22-19(20-2)21-12-15-6-7-17-16(11-15)5-4-9-23(17)3;/h6-8,10-11H,4-5,9,12-13H2,1-3H3,(H2,20,21,22);1H. The molecule has 0 spiro atoms. The van der Waals surface area contributed by atoms with Crippen molar-refractivity contribution in [1.82, 2.24) is 10.6 Å². The second-order valence-corrected chi connectivity index (χ2v) is 7.29. The molecule has 4 nitrogen and oxygen atoms in total. The molecular weight excluding hydrogens is 443 g/mol. The number of aryl methyl sites for hydroxylation is 2. The van der Waals surface area contributed by atoms with E-state index < -0.39 is 0 Å². The fraction of sp³-hybridized carbons (Fsp3) is 0.421. The van der Waals surface area contributed by atoms with Gasteiger partial charge in [0.05, 0.1) is 6.54 Å². The van der Waals surface area contributed by atoms with Gasteiger partial charge in [-0.3, -0.25) is 4.99 Å². The predicted molar refractivity (Wildman–Crippen MR) is 120 cm³/mol. The van der Waals surface area contributed by atoms with Gasteiger partial charge in [-0.05, 0) is 54.0 Å². The van der Waals surface area contributed by atoms with Crippen LogP contribution in [-0.2, 0) is 19.5 Å². The van der Waals surface area contributed by atoms with Crippen LogP contribution in [0.4, 0.5) is 5.69 Å². The molecule has 0 unspecified atom stereocenters. The number of nitrogens with one attached hydrogen (secondary N) is 2. The molecular formula is C19H27IN4S. The Morgan fingerprint density at radius 3 is 2.76 bits per heavy atom. The van der Waals surface area contributed by atoms with E-state index in [-0.39, 0.29) is 24.0 Å². The Kier molecular flexibility index (Phi) is 7.56. The lowest BCUT2D eigenvalue weighted by molar-refractivity contribution is 0.740. The van der Waals surface area contributed by atoms with Gasteiger partial charge in [-0.2, -0.15) is 0 Å². The molecule has 3 rings (SSSR count). The van der Waals surface area contributed by atoms with Crippen LogP contribution < -0.4 is 15.5 Å². The van der Waals surface area contributed by atoms with Crippen molar-refractivity contribution in [3.8, 4) is 0 Å². The van der Waals surface area contributed by atoms with E-state index in [1.807, 2.05) is 7.05 Å². The molecule has 1 aromatic carbocycles. The van der Waals surface area contributed by atoms with Gasteiger partial charge in [0.15, 0.2) is 5.96 Å². The highest BCUT2D eigenvalue weighted by molar-refractivity contribution is 14.0. The minimum absolute atomic E-state index is 0. The maximum Gasteiger partial charge on any atom is 0.191 e. The zero-order chi connectivity index (χ0) is 16.9. The lowest BCUT2D eigenvalue weighted by Crippen LogP contribution is -2.36. The van der Waals surface area contributed by atoms with Gasteiger partial charge in [0.2, 0.25) is 0 Å². The first-order valence-electron chi connectivity index (χ1n) is 8.48. The van der Waals surface area contributed by atoms with Crippen molar-refractivity contribution < 1.29 is 0 Å². The largest absolute Gasteiger partial charge is 0.374 e. The number of fused-ring (bicyclic) bond motifs is 1. The molecule has 0 amide bonds. The van der Waals surface area contributed by atoms with Gasteiger partial charge >= 0.3 is 0 Å². The van der Waals surface area contributed by atoms with E-state index in [0.29, 0.717) is 0 Å².